The van der Waals surface area contributed by atoms with Gasteiger partial charge in [0.15, 0.2) is 5.11 Å². The molecule has 2 aromatic rings. The Morgan fingerprint density at radius 2 is 2.21 bits per heavy atom. The first-order valence-corrected chi connectivity index (χ1v) is 7.45. The van der Waals surface area contributed by atoms with Crippen LogP contribution in [0.3, 0.4) is 0 Å². The summed E-state index contributed by atoms with van der Waals surface area (Å²) in [5.41, 5.74) is 0.888. The SMILES string of the molecule is Cc1nc(NC(=S)NCc2ccco2)c(Br)cc1Br. The molecule has 0 bridgehead atoms. The summed E-state index contributed by atoms with van der Waals surface area (Å²) in [4.78, 5) is 4.40. The quantitative estimate of drug-likeness (QED) is 0.757. The summed E-state index contributed by atoms with van der Waals surface area (Å²) in [5.74, 6) is 1.50. The van der Waals surface area contributed by atoms with Gasteiger partial charge in [-0.05, 0) is 69.2 Å². The van der Waals surface area contributed by atoms with Crippen molar-refractivity contribution in [3.63, 3.8) is 0 Å². The molecule has 0 aliphatic heterocycles. The molecule has 2 rings (SSSR count). The largest absolute Gasteiger partial charge is 0.467 e. The van der Waals surface area contributed by atoms with Crippen molar-refractivity contribution in [1.82, 2.24) is 10.3 Å². The number of nitrogens with zero attached hydrogens (tertiary/aromatic N) is 1. The van der Waals surface area contributed by atoms with Crippen LogP contribution in [0.1, 0.15) is 11.5 Å². The molecule has 0 aromatic carbocycles. The first-order valence-electron chi connectivity index (χ1n) is 5.46. The number of aromatic nitrogens is 1. The number of halogens is 2. The van der Waals surface area contributed by atoms with Crippen LogP contribution in [-0.4, -0.2) is 10.1 Å². The second-order valence-corrected chi connectivity index (χ2v) is 5.89. The van der Waals surface area contributed by atoms with Crippen molar-refractivity contribution < 1.29 is 4.42 Å². The molecule has 0 atom stereocenters. The highest BCUT2D eigenvalue weighted by molar-refractivity contribution is 9.11. The molecular formula is C12H11Br2N3OS. The normalized spacial score (nSPS) is 10.3. The van der Waals surface area contributed by atoms with E-state index >= 15 is 0 Å². The van der Waals surface area contributed by atoms with E-state index in [1.54, 1.807) is 6.26 Å². The van der Waals surface area contributed by atoms with Crippen LogP contribution in [0.2, 0.25) is 0 Å². The zero-order valence-electron chi connectivity index (χ0n) is 10.0. The molecule has 0 spiro atoms. The summed E-state index contributed by atoms with van der Waals surface area (Å²) in [6.45, 7) is 2.45. The van der Waals surface area contributed by atoms with Crippen LogP contribution < -0.4 is 10.6 Å². The Bertz CT molecular complexity index is 587. The highest BCUT2D eigenvalue weighted by Gasteiger charge is 2.07. The minimum atomic E-state index is 0.492. The molecule has 0 aliphatic carbocycles. The number of anilines is 1. The van der Waals surface area contributed by atoms with Gasteiger partial charge in [0.2, 0.25) is 0 Å². The van der Waals surface area contributed by atoms with Crippen LogP contribution in [0.4, 0.5) is 5.82 Å². The monoisotopic (exact) mass is 403 g/mol. The first kappa shape index (κ1) is 14.5. The van der Waals surface area contributed by atoms with Crippen molar-refractivity contribution in [2.45, 2.75) is 13.5 Å². The number of hydrogen-bond acceptors (Lipinski definition) is 3. The molecule has 4 nitrogen and oxygen atoms in total. The van der Waals surface area contributed by atoms with Crippen molar-refractivity contribution in [3.8, 4) is 0 Å². The van der Waals surface area contributed by atoms with Crippen molar-refractivity contribution in [3.05, 3.63) is 44.9 Å². The van der Waals surface area contributed by atoms with Crippen molar-refractivity contribution in [2.75, 3.05) is 5.32 Å². The van der Waals surface area contributed by atoms with Gasteiger partial charge >= 0.3 is 0 Å². The van der Waals surface area contributed by atoms with E-state index < -0.39 is 0 Å². The third-order valence-electron chi connectivity index (χ3n) is 2.34. The summed E-state index contributed by atoms with van der Waals surface area (Å²) in [6.07, 6.45) is 1.63. The molecule has 0 unspecified atom stereocenters. The van der Waals surface area contributed by atoms with Gasteiger partial charge in [-0.25, -0.2) is 4.98 Å². The summed E-state index contributed by atoms with van der Waals surface area (Å²) < 4.78 is 7.00. The molecule has 0 saturated carbocycles. The standard InChI is InChI=1S/C12H11Br2N3OS/c1-7-9(13)5-10(14)11(16-7)17-12(19)15-6-8-3-2-4-18-8/h2-5H,6H2,1H3,(H2,15,16,17,19). The molecule has 19 heavy (non-hydrogen) atoms. The summed E-state index contributed by atoms with van der Waals surface area (Å²) in [7, 11) is 0. The van der Waals surface area contributed by atoms with Crippen LogP contribution in [-0.2, 0) is 6.54 Å². The van der Waals surface area contributed by atoms with E-state index in [1.807, 2.05) is 25.1 Å². The lowest BCUT2D eigenvalue weighted by Gasteiger charge is -2.11. The highest BCUT2D eigenvalue weighted by atomic mass is 79.9. The van der Waals surface area contributed by atoms with Gasteiger partial charge in [-0.2, -0.15) is 0 Å². The Morgan fingerprint density at radius 1 is 1.42 bits per heavy atom. The second kappa shape index (κ2) is 6.49. The van der Waals surface area contributed by atoms with E-state index in [2.05, 4.69) is 47.5 Å². The maximum absolute atomic E-state index is 5.21. The topological polar surface area (TPSA) is 50.1 Å². The van der Waals surface area contributed by atoms with Gasteiger partial charge in [0.05, 0.1) is 23.0 Å². The van der Waals surface area contributed by atoms with Crippen molar-refractivity contribution in [2.24, 2.45) is 0 Å². The average molecular weight is 405 g/mol. The lowest BCUT2D eigenvalue weighted by Crippen LogP contribution is -2.28. The molecule has 0 aliphatic rings. The number of aryl methyl sites for hydroxylation is 1. The van der Waals surface area contributed by atoms with Crippen molar-refractivity contribution in [1.29, 1.82) is 0 Å². The fraction of sp³-hybridized carbons (Fsp3) is 0.167. The van der Waals surface area contributed by atoms with Crippen LogP contribution in [0, 0.1) is 6.92 Å². The molecule has 0 fully saturated rings. The summed E-state index contributed by atoms with van der Waals surface area (Å²) >= 11 is 12.1. The van der Waals surface area contributed by atoms with E-state index in [9.17, 15) is 0 Å². The maximum atomic E-state index is 5.21. The van der Waals surface area contributed by atoms with E-state index in [1.165, 1.54) is 0 Å². The van der Waals surface area contributed by atoms with Gasteiger partial charge in [-0.3, -0.25) is 0 Å². The average Bonchev–Trinajstić information content (AvgIpc) is 2.86. The van der Waals surface area contributed by atoms with Gasteiger partial charge < -0.3 is 15.1 Å². The number of furan rings is 1. The number of rotatable bonds is 3. The van der Waals surface area contributed by atoms with Gasteiger partial charge in [0.25, 0.3) is 0 Å². The smallest absolute Gasteiger partial charge is 0.172 e. The Balaban J connectivity index is 1.97. The minimum absolute atomic E-state index is 0.492. The molecule has 2 N–H and O–H groups in total. The lowest BCUT2D eigenvalue weighted by molar-refractivity contribution is 0.503. The fourth-order valence-corrected chi connectivity index (χ4v) is 2.59. The third kappa shape index (κ3) is 4.02. The van der Waals surface area contributed by atoms with E-state index in [-0.39, 0.29) is 0 Å². The van der Waals surface area contributed by atoms with E-state index in [0.717, 1.165) is 20.4 Å². The molecule has 0 saturated heterocycles. The van der Waals surface area contributed by atoms with Gasteiger partial charge in [0, 0.05) is 4.47 Å². The molecular weight excluding hydrogens is 394 g/mol. The van der Waals surface area contributed by atoms with Crippen LogP contribution in [0.25, 0.3) is 0 Å². The van der Waals surface area contributed by atoms with E-state index in [0.29, 0.717) is 17.5 Å². The van der Waals surface area contributed by atoms with Gasteiger partial charge in [-0.1, -0.05) is 0 Å². The minimum Gasteiger partial charge on any atom is -0.467 e. The molecule has 100 valence electrons. The van der Waals surface area contributed by atoms with Crippen LogP contribution >= 0.6 is 44.1 Å². The summed E-state index contributed by atoms with van der Waals surface area (Å²) in [5, 5.41) is 6.58. The summed E-state index contributed by atoms with van der Waals surface area (Å²) in [6, 6.07) is 5.65. The van der Waals surface area contributed by atoms with E-state index in [4.69, 9.17) is 16.6 Å². The third-order valence-corrected chi connectivity index (χ3v) is 3.99. The van der Waals surface area contributed by atoms with Gasteiger partial charge in [-0.15, -0.1) is 0 Å². The molecule has 2 aromatic heterocycles. The van der Waals surface area contributed by atoms with Gasteiger partial charge in [0.1, 0.15) is 11.6 Å². The van der Waals surface area contributed by atoms with Crippen LogP contribution in [0.15, 0.2) is 37.8 Å². The Labute approximate surface area is 133 Å². The second-order valence-electron chi connectivity index (χ2n) is 3.77. The maximum Gasteiger partial charge on any atom is 0.172 e. The number of hydrogen-bond donors (Lipinski definition) is 2. The Hall–Kier alpha value is -0.920. The molecule has 0 amide bonds. The zero-order chi connectivity index (χ0) is 13.8. The Kier molecular flexibility index (Phi) is 4.95. The number of thiocarbonyl (C=S) groups is 1. The number of pyridine rings is 1. The lowest BCUT2D eigenvalue weighted by atomic mass is 10.4. The Morgan fingerprint density at radius 3 is 2.89 bits per heavy atom. The fourth-order valence-electron chi connectivity index (χ4n) is 1.38. The zero-order valence-corrected chi connectivity index (χ0v) is 14.0. The van der Waals surface area contributed by atoms with Crippen molar-refractivity contribution >= 4 is 55.0 Å². The first-order chi connectivity index (χ1) is 9.06. The predicted molar refractivity (Wildman–Crippen MR) is 86.1 cm³/mol. The highest BCUT2D eigenvalue weighted by Crippen LogP contribution is 2.26. The van der Waals surface area contributed by atoms with Crippen LogP contribution in [0.5, 0.6) is 0 Å². The predicted octanol–water partition coefficient (Wildman–Crippen LogP) is 3.99. The molecule has 2 heterocycles. The number of nitrogens with one attached hydrogen (secondary N) is 2. The molecule has 7 heteroatoms. The molecule has 0 radical (unpaired) electrons.